The molecule has 210 valence electrons. The molecular weight excluding hydrogens is 540 g/mol. The molecule has 4 heteroatoms. The molecule has 0 N–H and O–H groups in total. The van der Waals surface area contributed by atoms with Crippen LogP contribution in [-0.2, 0) is 6.42 Å². The van der Waals surface area contributed by atoms with Crippen molar-refractivity contribution in [3.05, 3.63) is 132 Å². The van der Waals surface area contributed by atoms with E-state index in [1.54, 1.807) is 0 Å². The molecule has 0 bridgehead atoms. The summed E-state index contributed by atoms with van der Waals surface area (Å²) in [5.74, 6) is 2.99. The monoisotopic (exact) mass is 568 g/mol. The first-order chi connectivity index (χ1) is 21.6. The Hall–Kier alpha value is -5.61. The van der Waals surface area contributed by atoms with Gasteiger partial charge in [0.25, 0.3) is 0 Å². The molecule has 0 saturated heterocycles. The van der Waals surface area contributed by atoms with Crippen molar-refractivity contribution in [2.45, 2.75) is 20.3 Å². The molecule has 1 aliphatic rings. The van der Waals surface area contributed by atoms with Crippen molar-refractivity contribution in [3.63, 3.8) is 0 Å². The van der Waals surface area contributed by atoms with Crippen LogP contribution in [0.3, 0.4) is 0 Å². The Kier molecular flexibility index (Phi) is 5.36. The van der Waals surface area contributed by atoms with Gasteiger partial charge in [-0.1, -0.05) is 79.7 Å². The fourth-order valence-corrected chi connectivity index (χ4v) is 6.68. The summed E-state index contributed by atoms with van der Waals surface area (Å²) in [5, 5.41) is 3.52. The Labute approximate surface area is 254 Å². The van der Waals surface area contributed by atoms with Crippen molar-refractivity contribution < 1.29 is 9.47 Å². The third kappa shape index (κ3) is 3.74. The maximum atomic E-state index is 6.39. The molecule has 0 saturated carbocycles. The number of aromatic nitrogens is 2. The number of ether oxygens (including phenoxy) is 2. The first-order valence-electron chi connectivity index (χ1n) is 15.1. The van der Waals surface area contributed by atoms with Gasteiger partial charge in [-0.3, -0.25) is 4.40 Å². The van der Waals surface area contributed by atoms with Crippen LogP contribution in [0.4, 0.5) is 0 Å². The Balaban J connectivity index is 1.23. The average Bonchev–Trinajstić information content (AvgIpc) is 3.47. The lowest BCUT2D eigenvalue weighted by atomic mass is 9.97. The van der Waals surface area contributed by atoms with Crippen molar-refractivity contribution in [2.24, 2.45) is 0 Å². The topological polar surface area (TPSA) is 35.8 Å². The number of nitrogens with zero attached hydrogens (tertiary/aromatic N) is 2. The second-order valence-corrected chi connectivity index (χ2v) is 11.6. The Morgan fingerprint density at radius 3 is 2.09 bits per heavy atom. The predicted molar refractivity (Wildman–Crippen MR) is 179 cm³/mol. The van der Waals surface area contributed by atoms with E-state index >= 15 is 0 Å². The zero-order chi connectivity index (χ0) is 29.4. The highest BCUT2D eigenvalue weighted by Gasteiger charge is 2.21. The number of imidazole rings is 1. The predicted octanol–water partition coefficient (Wildman–Crippen LogP) is 10.9. The Morgan fingerprint density at radius 2 is 1.23 bits per heavy atom. The Bertz CT molecular complexity index is 2440. The van der Waals surface area contributed by atoms with Gasteiger partial charge in [0.15, 0.2) is 23.0 Å². The SMILES string of the molecule is CCc1cc2c(cc1C)Oc1cc(-c3ccc4c5ccc(-c6ccccc6)cc5c5nc6ccccc6n5c4c3)ccc1O2. The molecule has 9 rings (SSSR count). The zero-order valence-corrected chi connectivity index (χ0v) is 24.5. The van der Waals surface area contributed by atoms with Crippen molar-refractivity contribution in [1.29, 1.82) is 0 Å². The van der Waals surface area contributed by atoms with E-state index in [1.807, 2.05) is 6.07 Å². The van der Waals surface area contributed by atoms with Crippen LogP contribution >= 0.6 is 0 Å². The normalized spacial score (nSPS) is 12.3. The number of aryl methyl sites for hydroxylation is 2. The second kappa shape index (κ2) is 9.45. The summed E-state index contributed by atoms with van der Waals surface area (Å²) in [6, 6.07) is 42.8. The fourth-order valence-electron chi connectivity index (χ4n) is 6.68. The van der Waals surface area contributed by atoms with E-state index in [2.05, 4.69) is 134 Å². The number of hydrogen-bond acceptors (Lipinski definition) is 3. The fraction of sp³-hybridized carbons (Fsp3) is 0.0750. The standard InChI is InChI=1S/C40H28N2O2/c1-3-25-22-39-37(19-24(25)2)44-38-23-29(15-18-36(38)43-39)28-14-17-31-30-16-13-27(26-9-5-4-6-10-26)20-32(30)40-41-33-11-7-8-12-34(33)42(40)35(31)21-28/h4-23H,3H2,1-2H3. The third-order valence-corrected chi connectivity index (χ3v) is 8.96. The van der Waals surface area contributed by atoms with E-state index in [1.165, 1.54) is 33.0 Å². The van der Waals surface area contributed by atoms with Crippen molar-refractivity contribution in [1.82, 2.24) is 9.38 Å². The first-order valence-corrected chi connectivity index (χ1v) is 15.1. The lowest BCUT2D eigenvalue weighted by Gasteiger charge is -2.22. The summed E-state index contributed by atoms with van der Waals surface area (Å²) in [6.45, 7) is 4.28. The molecule has 4 nitrogen and oxygen atoms in total. The minimum atomic E-state index is 0.726. The number of hydrogen-bond donors (Lipinski definition) is 0. The highest BCUT2D eigenvalue weighted by molar-refractivity contribution is 6.15. The molecule has 3 heterocycles. The van der Waals surface area contributed by atoms with Gasteiger partial charge in [-0.15, -0.1) is 0 Å². The van der Waals surface area contributed by atoms with E-state index in [-0.39, 0.29) is 0 Å². The first kappa shape index (κ1) is 24.9. The van der Waals surface area contributed by atoms with Gasteiger partial charge in [-0.25, -0.2) is 4.98 Å². The minimum absolute atomic E-state index is 0.726. The van der Waals surface area contributed by atoms with Crippen LogP contribution < -0.4 is 9.47 Å². The summed E-state index contributed by atoms with van der Waals surface area (Å²) in [7, 11) is 0. The van der Waals surface area contributed by atoms with Gasteiger partial charge in [0.05, 0.1) is 16.6 Å². The maximum absolute atomic E-state index is 6.39. The Morgan fingerprint density at radius 1 is 0.545 bits per heavy atom. The lowest BCUT2D eigenvalue weighted by molar-refractivity contribution is 0.359. The number of fused-ring (bicyclic) bond motifs is 10. The molecule has 0 unspecified atom stereocenters. The van der Waals surface area contributed by atoms with E-state index in [0.717, 1.165) is 68.1 Å². The molecule has 0 aliphatic carbocycles. The molecule has 8 aromatic rings. The molecular formula is C40H28N2O2. The molecule has 0 fully saturated rings. The molecule has 2 aromatic heterocycles. The summed E-state index contributed by atoms with van der Waals surface area (Å²) < 4.78 is 15.0. The van der Waals surface area contributed by atoms with Gasteiger partial charge in [-0.2, -0.15) is 0 Å². The molecule has 0 spiro atoms. The van der Waals surface area contributed by atoms with Gasteiger partial charge in [-0.05, 0) is 101 Å². The number of benzene rings is 6. The van der Waals surface area contributed by atoms with Gasteiger partial charge < -0.3 is 9.47 Å². The van der Waals surface area contributed by atoms with E-state index < -0.39 is 0 Å². The van der Waals surface area contributed by atoms with Crippen LogP contribution in [0.15, 0.2) is 121 Å². The van der Waals surface area contributed by atoms with Gasteiger partial charge in [0, 0.05) is 10.8 Å². The second-order valence-electron chi connectivity index (χ2n) is 11.6. The molecule has 1 aliphatic heterocycles. The smallest absolute Gasteiger partial charge is 0.170 e. The van der Waals surface area contributed by atoms with Crippen LogP contribution in [0.1, 0.15) is 18.1 Å². The van der Waals surface area contributed by atoms with E-state index in [0.29, 0.717) is 0 Å². The van der Waals surface area contributed by atoms with E-state index in [9.17, 15) is 0 Å². The number of pyridine rings is 1. The van der Waals surface area contributed by atoms with Crippen molar-refractivity contribution in [2.75, 3.05) is 0 Å². The summed E-state index contributed by atoms with van der Waals surface area (Å²) >= 11 is 0. The summed E-state index contributed by atoms with van der Waals surface area (Å²) in [4.78, 5) is 5.16. The molecule has 0 atom stereocenters. The van der Waals surface area contributed by atoms with Gasteiger partial charge >= 0.3 is 0 Å². The number of rotatable bonds is 3. The van der Waals surface area contributed by atoms with Crippen LogP contribution in [0.25, 0.3) is 60.6 Å². The molecule has 0 amide bonds. The lowest BCUT2D eigenvalue weighted by Crippen LogP contribution is -2.01. The molecule has 6 aromatic carbocycles. The summed E-state index contributed by atoms with van der Waals surface area (Å²) in [5.41, 5.74) is 11.2. The maximum Gasteiger partial charge on any atom is 0.170 e. The van der Waals surface area contributed by atoms with Crippen LogP contribution in [0.5, 0.6) is 23.0 Å². The quantitative estimate of drug-likeness (QED) is 0.199. The zero-order valence-electron chi connectivity index (χ0n) is 24.5. The number of para-hydroxylation sites is 2. The highest BCUT2D eigenvalue weighted by atomic mass is 16.6. The largest absolute Gasteiger partial charge is 0.450 e. The van der Waals surface area contributed by atoms with Crippen molar-refractivity contribution in [3.8, 4) is 45.3 Å². The van der Waals surface area contributed by atoms with Crippen LogP contribution in [-0.4, -0.2) is 9.38 Å². The average molecular weight is 569 g/mol. The van der Waals surface area contributed by atoms with Crippen molar-refractivity contribution >= 4 is 38.4 Å². The van der Waals surface area contributed by atoms with E-state index in [4.69, 9.17) is 14.5 Å². The minimum Gasteiger partial charge on any atom is -0.450 e. The molecule has 0 radical (unpaired) electrons. The summed E-state index contributed by atoms with van der Waals surface area (Å²) in [6.07, 6.45) is 0.958. The molecule has 44 heavy (non-hydrogen) atoms. The van der Waals surface area contributed by atoms with Crippen LogP contribution in [0.2, 0.25) is 0 Å². The van der Waals surface area contributed by atoms with Gasteiger partial charge in [0.2, 0.25) is 0 Å². The van der Waals surface area contributed by atoms with Gasteiger partial charge in [0.1, 0.15) is 5.65 Å². The highest BCUT2D eigenvalue weighted by Crippen LogP contribution is 2.48. The third-order valence-electron chi connectivity index (χ3n) is 8.96. The van der Waals surface area contributed by atoms with Crippen LogP contribution in [0, 0.1) is 6.92 Å².